The number of H-pyrrole nitrogens is 1. The fourth-order valence-electron chi connectivity index (χ4n) is 3.59. The number of piperazine rings is 1. The van der Waals surface area contributed by atoms with Crippen LogP contribution in [-0.2, 0) is 10.0 Å². The number of nitrogens with zero attached hydrogens (tertiary/aromatic N) is 2. The average Bonchev–Trinajstić information content (AvgIpc) is 2.79. The zero-order valence-corrected chi connectivity index (χ0v) is 19.4. The van der Waals surface area contributed by atoms with Crippen molar-refractivity contribution >= 4 is 21.4 Å². The number of sulfonamides is 1. The molecule has 1 aromatic heterocycles. The van der Waals surface area contributed by atoms with Gasteiger partial charge in [-0.1, -0.05) is 13.3 Å². The van der Waals surface area contributed by atoms with E-state index in [1.165, 1.54) is 16.4 Å². The Morgan fingerprint density at radius 3 is 2.62 bits per heavy atom. The van der Waals surface area contributed by atoms with E-state index in [9.17, 15) is 13.2 Å². The van der Waals surface area contributed by atoms with Gasteiger partial charge in [-0.3, -0.25) is 4.79 Å². The summed E-state index contributed by atoms with van der Waals surface area (Å²) < 4.78 is 33.5. The molecule has 0 unspecified atom stereocenters. The van der Waals surface area contributed by atoms with E-state index in [2.05, 4.69) is 20.6 Å². The number of benzene rings is 1. The molecule has 3 rings (SSSR count). The van der Waals surface area contributed by atoms with Gasteiger partial charge in [-0.05, 0) is 31.5 Å². The highest BCUT2D eigenvalue weighted by Crippen LogP contribution is 2.32. The predicted octanol–water partition coefficient (Wildman–Crippen LogP) is 1.64. The number of anilines is 1. The second-order valence-electron chi connectivity index (χ2n) is 7.36. The SMILES string of the molecule is CCCC(=N)c1nc(-c2cc(S(=O)(=O)N3CCNCC3)ccc2OCC)[nH]c(=O)c1NC. The van der Waals surface area contributed by atoms with Crippen molar-refractivity contribution in [2.45, 2.75) is 31.6 Å². The highest BCUT2D eigenvalue weighted by molar-refractivity contribution is 7.89. The van der Waals surface area contributed by atoms with Crippen LogP contribution in [0.2, 0.25) is 0 Å². The molecule has 0 amide bonds. The molecule has 0 saturated carbocycles. The van der Waals surface area contributed by atoms with Crippen LogP contribution in [0.25, 0.3) is 11.4 Å². The van der Waals surface area contributed by atoms with E-state index in [0.29, 0.717) is 50.5 Å². The summed E-state index contributed by atoms with van der Waals surface area (Å²) in [5.74, 6) is 0.561. The van der Waals surface area contributed by atoms with Crippen molar-refractivity contribution in [2.24, 2.45) is 0 Å². The minimum absolute atomic E-state index is 0.100. The molecule has 0 atom stereocenters. The van der Waals surface area contributed by atoms with Crippen LogP contribution in [0.1, 0.15) is 32.4 Å². The lowest BCUT2D eigenvalue weighted by molar-refractivity contribution is 0.341. The maximum atomic E-state index is 13.2. The average molecular weight is 463 g/mol. The van der Waals surface area contributed by atoms with Crippen LogP contribution in [0.3, 0.4) is 0 Å². The summed E-state index contributed by atoms with van der Waals surface area (Å²) in [7, 11) is -2.12. The Morgan fingerprint density at radius 2 is 2.00 bits per heavy atom. The third-order valence-corrected chi connectivity index (χ3v) is 7.07. The third-order valence-electron chi connectivity index (χ3n) is 5.17. The summed E-state index contributed by atoms with van der Waals surface area (Å²) in [6.45, 7) is 6.06. The minimum atomic E-state index is -3.72. The van der Waals surface area contributed by atoms with Crippen LogP contribution < -0.4 is 20.9 Å². The number of hydrogen-bond acceptors (Lipinski definition) is 8. The van der Waals surface area contributed by atoms with Crippen molar-refractivity contribution in [2.75, 3.05) is 45.2 Å². The van der Waals surface area contributed by atoms with Gasteiger partial charge in [0.1, 0.15) is 23.0 Å². The lowest BCUT2D eigenvalue weighted by Gasteiger charge is -2.27. The lowest BCUT2D eigenvalue weighted by Crippen LogP contribution is -2.46. The predicted molar refractivity (Wildman–Crippen MR) is 124 cm³/mol. The van der Waals surface area contributed by atoms with Crippen molar-refractivity contribution in [3.63, 3.8) is 0 Å². The van der Waals surface area contributed by atoms with Gasteiger partial charge in [0.2, 0.25) is 10.0 Å². The second-order valence-corrected chi connectivity index (χ2v) is 9.30. The topological polar surface area (TPSA) is 140 Å². The molecule has 2 heterocycles. The molecule has 2 aromatic rings. The molecule has 1 aromatic carbocycles. The van der Waals surface area contributed by atoms with Crippen molar-refractivity contribution < 1.29 is 13.2 Å². The van der Waals surface area contributed by atoms with Crippen LogP contribution in [-0.4, -0.2) is 68.2 Å². The summed E-state index contributed by atoms with van der Waals surface area (Å²) in [5, 5.41) is 14.3. The number of ether oxygens (including phenoxy) is 1. The smallest absolute Gasteiger partial charge is 0.275 e. The van der Waals surface area contributed by atoms with Gasteiger partial charge >= 0.3 is 0 Å². The zero-order chi connectivity index (χ0) is 23.3. The highest BCUT2D eigenvalue weighted by Gasteiger charge is 2.27. The fraction of sp³-hybridized carbons (Fsp3) is 0.476. The van der Waals surface area contributed by atoms with E-state index >= 15 is 0 Å². The number of aromatic nitrogens is 2. The van der Waals surface area contributed by atoms with E-state index in [1.807, 2.05) is 13.8 Å². The van der Waals surface area contributed by atoms with Crippen molar-refractivity contribution in [1.29, 1.82) is 5.41 Å². The normalized spacial score (nSPS) is 14.8. The molecule has 11 heteroatoms. The maximum Gasteiger partial charge on any atom is 0.275 e. The van der Waals surface area contributed by atoms with E-state index in [4.69, 9.17) is 10.1 Å². The fourth-order valence-corrected chi connectivity index (χ4v) is 5.06. The van der Waals surface area contributed by atoms with Gasteiger partial charge in [0.05, 0.1) is 22.8 Å². The Balaban J connectivity index is 2.16. The Bertz CT molecular complexity index is 1140. The third kappa shape index (κ3) is 4.84. The van der Waals surface area contributed by atoms with Gasteiger partial charge in [-0.25, -0.2) is 13.4 Å². The van der Waals surface area contributed by atoms with Gasteiger partial charge in [0.15, 0.2) is 0 Å². The standard InChI is InChI=1S/C21H30N6O4S/c1-4-6-16(22)18-19(23-3)21(28)26-20(25-18)15-13-14(7-8-17(15)31-5-2)32(29,30)27-11-9-24-10-12-27/h7-8,13,22-24H,4-6,9-12H2,1-3H3,(H,25,26,28). The quantitative estimate of drug-likeness (QED) is 0.415. The molecule has 0 bridgehead atoms. The number of hydrogen-bond donors (Lipinski definition) is 4. The molecule has 1 aliphatic rings. The van der Waals surface area contributed by atoms with E-state index in [0.717, 1.165) is 6.42 Å². The number of aromatic amines is 1. The highest BCUT2D eigenvalue weighted by atomic mass is 32.2. The first kappa shape index (κ1) is 23.9. The Kier molecular flexibility index (Phi) is 7.64. The molecular formula is C21H30N6O4S. The van der Waals surface area contributed by atoms with Crippen molar-refractivity contribution in [3.8, 4) is 17.1 Å². The van der Waals surface area contributed by atoms with Crippen LogP contribution in [0.5, 0.6) is 5.75 Å². The lowest BCUT2D eigenvalue weighted by atomic mass is 10.1. The molecule has 174 valence electrons. The molecule has 1 fully saturated rings. The van der Waals surface area contributed by atoms with Gasteiger partial charge < -0.3 is 25.8 Å². The van der Waals surface area contributed by atoms with Crippen molar-refractivity contribution in [1.82, 2.24) is 19.6 Å². The molecule has 0 spiro atoms. The van der Waals surface area contributed by atoms with Gasteiger partial charge in [0.25, 0.3) is 5.56 Å². The molecule has 32 heavy (non-hydrogen) atoms. The molecular weight excluding hydrogens is 432 g/mol. The monoisotopic (exact) mass is 462 g/mol. The number of nitrogens with one attached hydrogen (secondary N) is 4. The molecule has 4 N–H and O–H groups in total. The van der Waals surface area contributed by atoms with E-state index in [-0.39, 0.29) is 27.8 Å². The molecule has 1 aliphatic heterocycles. The Hall–Kier alpha value is -2.76. The number of rotatable bonds is 9. The van der Waals surface area contributed by atoms with Gasteiger partial charge in [0, 0.05) is 33.2 Å². The maximum absolute atomic E-state index is 13.2. The Labute approximate surface area is 188 Å². The second kappa shape index (κ2) is 10.2. The van der Waals surface area contributed by atoms with Crippen LogP contribution >= 0.6 is 0 Å². The first-order valence-corrected chi connectivity index (χ1v) is 12.1. The molecule has 1 saturated heterocycles. The molecule has 0 aliphatic carbocycles. The Morgan fingerprint density at radius 1 is 1.28 bits per heavy atom. The van der Waals surface area contributed by atoms with E-state index < -0.39 is 15.6 Å². The molecule has 0 radical (unpaired) electrons. The van der Waals surface area contributed by atoms with Gasteiger partial charge in [-0.15, -0.1) is 0 Å². The summed E-state index contributed by atoms with van der Waals surface area (Å²) in [5.41, 5.74) is 0.590. The van der Waals surface area contributed by atoms with Crippen molar-refractivity contribution in [3.05, 3.63) is 34.2 Å². The summed E-state index contributed by atoms with van der Waals surface area (Å²) >= 11 is 0. The van der Waals surface area contributed by atoms with Crippen LogP contribution in [0.15, 0.2) is 27.9 Å². The zero-order valence-electron chi connectivity index (χ0n) is 18.6. The summed E-state index contributed by atoms with van der Waals surface area (Å²) in [6.07, 6.45) is 1.19. The first-order valence-electron chi connectivity index (χ1n) is 10.7. The van der Waals surface area contributed by atoms with Gasteiger partial charge in [-0.2, -0.15) is 4.31 Å². The largest absolute Gasteiger partial charge is 0.493 e. The van der Waals surface area contributed by atoms with Crippen LogP contribution in [0, 0.1) is 5.41 Å². The van der Waals surface area contributed by atoms with Crippen LogP contribution in [0.4, 0.5) is 5.69 Å². The molecule has 10 nitrogen and oxygen atoms in total. The summed E-state index contributed by atoms with van der Waals surface area (Å²) in [6, 6.07) is 4.57. The summed E-state index contributed by atoms with van der Waals surface area (Å²) in [4.78, 5) is 20.1. The minimum Gasteiger partial charge on any atom is -0.493 e. The first-order chi connectivity index (χ1) is 15.3. The van der Waals surface area contributed by atoms with E-state index in [1.54, 1.807) is 13.1 Å².